The summed E-state index contributed by atoms with van der Waals surface area (Å²) in [5.41, 5.74) is 3.38. The second-order valence-electron chi connectivity index (χ2n) is 10.5. The number of ether oxygens (including phenoxy) is 4. The molecule has 39 heavy (non-hydrogen) atoms. The van der Waals surface area contributed by atoms with Gasteiger partial charge in [-0.05, 0) is 73.9 Å². The summed E-state index contributed by atoms with van der Waals surface area (Å²) >= 11 is 0. The lowest BCUT2D eigenvalue weighted by Crippen LogP contribution is -2.28. The zero-order valence-corrected chi connectivity index (χ0v) is 23.3. The molecule has 9 heteroatoms. The first kappa shape index (κ1) is 29.1. The first-order chi connectivity index (χ1) is 19.0. The number of likely N-dealkylation sites (tertiary alicyclic amines) is 1. The fourth-order valence-electron chi connectivity index (χ4n) is 5.47. The molecule has 0 spiro atoms. The van der Waals surface area contributed by atoms with Crippen molar-refractivity contribution >= 4 is 11.8 Å². The van der Waals surface area contributed by atoms with Crippen molar-refractivity contribution in [2.24, 2.45) is 5.92 Å². The van der Waals surface area contributed by atoms with E-state index in [0.29, 0.717) is 50.4 Å². The van der Waals surface area contributed by atoms with Crippen molar-refractivity contribution in [2.45, 2.75) is 44.4 Å². The molecule has 2 N–H and O–H groups in total. The summed E-state index contributed by atoms with van der Waals surface area (Å²) < 4.78 is 22.0. The molecule has 0 amide bonds. The van der Waals surface area contributed by atoms with Crippen molar-refractivity contribution < 1.29 is 28.8 Å². The van der Waals surface area contributed by atoms with Gasteiger partial charge in [-0.2, -0.15) is 0 Å². The number of rotatable bonds is 16. The van der Waals surface area contributed by atoms with Crippen molar-refractivity contribution in [2.75, 3.05) is 72.1 Å². The molecule has 1 fully saturated rings. The molecule has 2 aliphatic heterocycles. The molecule has 214 valence electrons. The van der Waals surface area contributed by atoms with E-state index < -0.39 is 5.97 Å². The van der Waals surface area contributed by atoms with Crippen LogP contribution in [0.2, 0.25) is 0 Å². The van der Waals surface area contributed by atoms with Crippen molar-refractivity contribution in [1.29, 1.82) is 0 Å². The van der Waals surface area contributed by atoms with Crippen LogP contribution in [0.15, 0.2) is 30.3 Å². The standard InChI is InChI=1S/C30H43N3O6/c1-36-12-14-38-27-16-24(17-28(19-27)39-15-13-37-2)25(18-29(34)35)21-33-11-9-22(20-33)5-7-26-8-6-23-4-3-10-31-30(23)32-26/h6,8,16-17,19,22,25H,3-5,7,9-15,18,20-21H2,1-2H3,(H,31,32)(H,34,35). The molecule has 1 saturated heterocycles. The number of methoxy groups -OCH3 is 2. The third-order valence-electron chi connectivity index (χ3n) is 7.52. The molecule has 2 aromatic rings. The molecule has 0 saturated carbocycles. The number of carbonyl (C=O) groups is 1. The number of carboxylic acids is 1. The fourth-order valence-corrected chi connectivity index (χ4v) is 5.47. The van der Waals surface area contributed by atoms with Crippen LogP contribution in [0.3, 0.4) is 0 Å². The monoisotopic (exact) mass is 541 g/mol. The normalized spacial score (nSPS) is 17.8. The zero-order valence-electron chi connectivity index (χ0n) is 23.3. The van der Waals surface area contributed by atoms with Crippen LogP contribution in [-0.4, -0.2) is 87.8 Å². The third kappa shape index (κ3) is 9.08. The van der Waals surface area contributed by atoms with Gasteiger partial charge in [0.1, 0.15) is 30.5 Å². The number of anilines is 1. The number of benzene rings is 1. The van der Waals surface area contributed by atoms with Gasteiger partial charge in [-0.3, -0.25) is 4.79 Å². The predicted octanol–water partition coefficient (Wildman–Crippen LogP) is 4.00. The molecule has 2 atom stereocenters. The van der Waals surface area contributed by atoms with Crippen molar-refractivity contribution in [1.82, 2.24) is 9.88 Å². The topological polar surface area (TPSA) is 102 Å². The number of nitrogens with one attached hydrogen (secondary N) is 1. The molecule has 0 radical (unpaired) electrons. The molecule has 2 aliphatic rings. The van der Waals surface area contributed by atoms with Gasteiger partial charge < -0.3 is 34.3 Å². The van der Waals surface area contributed by atoms with Crippen LogP contribution in [0.1, 0.15) is 48.4 Å². The van der Waals surface area contributed by atoms with Crippen molar-refractivity contribution in [3.63, 3.8) is 0 Å². The number of aromatic nitrogens is 1. The Hall–Kier alpha value is -2.88. The summed E-state index contributed by atoms with van der Waals surface area (Å²) in [6.07, 6.45) is 5.50. The second kappa shape index (κ2) is 15.1. The van der Waals surface area contributed by atoms with E-state index in [4.69, 9.17) is 23.9 Å². The molecule has 9 nitrogen and oxygen atoms in total. The Bertz CT molecular complexity index is 1040. The van der Waals surface area contributed by atoms with Gasteiger partial charge in [-0.15, -0.1) is 0 Å². The van der Waals surface area contributed by atoms with E-state index in [0.717, 1.165) is 62.4 Å². The minimum atomic E-state index is -0.810. The second-order valence-corrected chi connectivity index (χ2v) is 10.5. The van der Waals surface area contributed by atoms with Crippen molar-refractivity contribution in [3.8, 4) is 11.5 Å². The van der Waals surface area contributed by atoms with Crippen LogP contribution in [0.5, 0.6) is 11.5 Å². The summed E-state index contributed by atoms with van der Waals surface area (Å²) in [6, 6.07) is 10.1. The first-order valence-corrected chi connectivity index (χ1v) is 14.1. The van der Waals surface area contributed by atoms with Crippen LogP contribution < -0.4 is 14.8 Å². The SMILES string of the molecule is COCCOc1cc(OCCOC)cc(C(CC(=O)O)CN2CCC(CCc3ccc4c(n3)NCCC4)C2)c1. The van der Waals surface area contributed by atoms with Gasteiger partial charge in [0.2, 0.25) is 0 Å². The van der Waals surface area contributed by atoms with Crippen molar-refractivity contribution in [3.05, 3.63) is 47.2 Å². The molecule has 3 heterocycles. The van der Waals surface area contributed by atoms with Gasteiger partial charge in [0.15, 0.2) is 0 Å². The highest BCUT2D eigenvalue weighted by molar-refractivity contribution is 5.68. The molecule has 2 unspecified atom stereocenters. The van der Waals surface area contributed by atoms with Gasteiger partial charge in [0.25, 0.3) is 0 Å². The Morgan fingerprint density at radius 3 is 2.54 bits per heavy atom. The minimum absolute atomic E-state index is 0.0479. The summed E-state index contributed by atoms with van der Waals surface area (Å²) in [4.78, 5) is 19.1. The van der Waals surface area contributed by atoms with Gasteiger partial charge in [-0.1, -0.05) is 6.07 Å². The Morgan fingerprint density at radius 2 is 1.85 bits per heavy atom. The smallest absolute Gasteiger partial charge is 0.304 e. The van der Waals surface area contributed by atoms with E-state index in [1.165, 1.54) is 12.0 Å². The number of pyridine rings is 1. The van der Waals surface area contributed by atoms with Crippen LogP contribution in [0.25, 0.3) is 0 Å². The molecular formula is C30H43N3O6. The maximum absolute atomic E-state index is 11.8. The van der Waals surface area contributed by atoms with E-state index in [-0.39, 0.29) is 12.3 Å². The third-order valence-corrected chi connectivity index (χ3v) is 7.52. The Balaban J connectivity index is 1.38. The number of hydrogen-bond donors (Lipinski definition) is 2. The Labute approximate surface area is 231 Å². The maximum Gasteiger partial charge on any atom is 0.304 e. The molecule has 1 aromatic heterocycles. The van der Waals surface area contributed by atoms with E-state index in [2.05, 4.69) is 22.3 Å². The number of carboxylic acid groups (broad SMARTS) is 1. The Morgan fingerprint density at radius 1 is 1.10 bits per heavy atom. The molecule has 4 rings (SSSR count). The lowest BCUT2D eigenvalue weighted by atomic mass is 9.94. The fraction of sp³-hybridized carbons (Fsp3) is 0.600. The van der Waals surface area contributed by atoms with Crippen LogP contribution >= 0.6 is 0 Å². The number of aliphatic carboxylic acids is 1. The van der Waals surface area contributed by atoms with E-state index in [1.54, 1.807) is 14.2 Å². The average molecular weight is 542 g/mol. The number of fused-ring (bicyclic) bond motifs is 1. The molecule has 1 aromatic carbocycles. The van der Waals surface area contributed by atoms with Crippen LogP contribution in [0.4, 0.5) is 5.82 Å². The largest absolute Gasteiger partial charge is 0.491 e. The van der Waals surface area contributed by atoms with Gasteiger partial charge in [-0.25, -0.2) is 4.98 Å². The average Bonchev–Trinajstić information content (AvgIpc) is 3.39. The van der Waals surface area contributed by atoms with E-state index in [1.807, 2.05) is 18.2 Å². The first-order valence-electron chi connectivity index (χ1n) is 14.1. The van der Waals surface area contributed by atoms with Gasteiger partial charge in [0, 0.05) is 51.5 Å². The quantitative estimate of drug-likeness (QED) is 0.305. The highest BCUT2D eigenvalue weighted by Gasteiger charge is 2.27. The van der Waals surface area contributed by atoms with Crippen LogP contribution in [-0.2, 0) is 27.1 Å². The Kier molecular flexibility index (Phi) is 11.2. The summed E-state index contributed by atoms with van der Waals surface area (Å²) in [5.74, 6) is 1.96. The lowest BCUT2D eigenvalue weighted by molar-refractivity contribution is -0.137. The number of nitrogens with zero attached hydrogens (tertiary/aromatic N) is 2. The summed E-state index contributed by atoms with van der Waals surface area (Å²) in [6.45, 7) is 5.38. The zero-order chi connectivity index (χ0) is 27.5. The molecule has 0 aliphatic carbocycles. The lowest BCUT2D eigenvalue weighted by Gasteiger charge is -2.24. The maximum atomic E-state index is 11.8. The number of hydrogen-bond acceptors (Lipinski definition) is 8. The minimum Gasteiger partial charge on any atom is -0.491 e. The molecular weight excluding hydrogens is 498 g/mol. The molecule has 0 bridgehead atoms. The predicted molar refractivity (Wildman–Crippen MR) is 150 cm³/mol. The highest BCUT2D eigenvalue weighted by Crippen LogP contribution is 2.32. The van der Waals surface area contributed by atoms with E-state index >= 15 is 0 Å². The summed E-state index contributed by atoms with van der Waals surface area (Å²) in [7, 11) is 3.26. The van der Waals surface area contributed by atoms with Gasteiger partial charge in [0.05, 0.1) is 19.6 Å². The highest BCUT2D eigenvalue weighted by atomic mass is 16.5. The van der Waals surface area contributed by atoms with Gasteiger partial charge >= 0.3 is 5.97 Å². The number of aryl methyl sites for hydroxylation is 2. The van der Waals surface area contributed by atoms with E-state index in [9.17, 15) is 9.90 Å². The van der Waals surface area contributed by atoms with Crippen LogP contribution in [0, 0.1) is 5.92 Å². The summed E-state index contributed by atoms with van der Waals surface area (Å²) in [5, 5.41) is 13.2.